The summed E-state index contributed by atoms with van der Waals surface area (Å²) in [5.74, 6) is -0.585. The lowest BCUT2D eigenvalue weighted by Gasteiger charge is -2.29. The van der Waals surface area contributed by atoms with Gasteiger partial charge in [-0.15, -0.1) is 11.3 Å². The highest BCUT2D eigenvalue weighted by Crippen LogP contribution is 2.21. The molecule has 122 valence electrons. The fourth-order valence-corrected chi connectivity index (χ4v) is 3.02. The molecule has 2 rings (SSSR count). The van der Waals surface area contributed by atoms with Gasteiger partial charge in [-0.3, -0.25) is 9.69 Å². The van der Waals surface area contributed by atoms with Crippen LogP contribution in [0.4, 0.5) is 5.69 Å². The smallest absolute Gasteiger partial charge is 0.328 e. The molecule has 0 aliphatic heterocycles. The Hall–Kier alpha value is -2.21. The normalized spacial score (nSPS) is 11.8. The fourth-order valence-electron chi connectivity index (χ4n) is 2.41. The summed E-state index contributed by atoms with van der Waals surface area (Å²) in [5, 5.41) is 2.79. The fraction of sp³-hybridized carbons (Fsp3) is 0.353. The third kappa shape index (κ3) is 4.16. The number of thiazole rings is 1. The van der Waals surface area contributed by atoms with Crippen molar-refractivity contribution in [1.82, 2.24) is 4.98 Å². The first-order valence-electron chi connectivity index (χ1n) is 7.42. The Kier molecular flexibility index (Phi) is 5.87. The summed E-state index contributed by atoms with van der Waals surface area (Å²) >= 11 is 1.51. The Labute approximate surface area is 139 Å². The van der Waals surface area contributed by atoms with Gasteiger partial charge < -0.3 is 4.74 Å². The number of hydrogen-bond acceptors (Lipinski definition) is 5. The maximum absolute atomic E-state index is 12.8. The van der Waals surface area contributed by atoms with E-state index < -0.39 is 12.0 Å². The molecule has 5 nitrogen and oxygen atoms in total. The average Bonchev–Trinajstić information content (AvgIpc) is 2.97. The van der Waals surface area contributed by atoms with Crippen LogP contribution in [0, 0.1) is 6.92 Å². The Balaban J connectivity index is 2.32. The third-order valence-corrected chi connectivity index (χ3v) is 4.30. The molecule has 1 aromatic heterocycles. The highest BCUT2D eigenvalue weighted by atomic mass is 32.1. The average molecular weight is 332 g/mol. The lowest BCUT2D eigenvalue weighted by molar-refractivity contribution is -0.143. The van der Waals surface area contributed by atoms with Crippen LogP contribution in [0.3, 0.4) is 0 Å². The van der Waals surface area contributed by atoms with Gasteiger partial charge in [0.05, 0.1) is 24.2 Å². The number of anilines is 1. The Morgan fingerprint density at radius 1 is 1.30 bits per heavy atom. The zero-order chi connectivity index (χ0) is 16.8. The topological polar surface area (TPSA) is 59.5 Å². The van der Waals surface area contributed by atoms with Crippen LogP contribution < -0.4 is 4.90 Å². The van der Waals surface area contributed by atoms with Crippen LogP contribution in [0.15, 0.2) is 35.7 Å². The lowest BCUT2D eigenvalue weighted by atomic mass is 10.1. The second kappa shape index (κ2) is 7.87. The van der Waals surface area contributed by atoms with Crippen molar-refractivity contribution in [3.8, 4) is 0 Å². The van der Waals surface area contributed by atoms with Crippen molar-refractivity contribution in [3.05, 3.63) is 46.4 Å². The van der Waals surface area contributed by atoms with E-state index in [0.717, 1.165) is 10.7 Å². The number of ether oxygens (including phenoxy) is 1. The summed E-state index contributed by atoms with van der Waals surface area (Å²) in [4.78, 5) is 30.8. The Morgan fingerprint density at radius 2 is 2.00 bits per heavy atom. The SMILES string of the molecule is CC[C@@H](C(=O)OC)N(C(=O)Cc1csc(C)n1)c1ccccc1. The Morgan fingerprint density at radius 3 is 2.52 bits per heavy atom. The first-order chi connectivity index (χ1) is 11.1. The number of amides is 1. The molecule has 1 heterocycles. The summed E-state index contributed by atoms with van der Waals surface area (Å²) in [6.45, 7) is 3.76. The quantitative estimate of drug-likeness (QED) is 0.763. The second-order valence-electron chi connectivity index (χ2n) is 5.08. The maximum Gasteiger partial charge on any atom is 0.328 e. The molecule has 1 aromatic carbocycles. The molecule has 0 saturated carbocycles. The van der Waals surface area contributed by atoms with E-state index in [0.29, 0.717) is 12.1 Å². The van der Waals surface area contributed by atoms with Gasteiger partial charge in [-0.05, 0) is 25.5 Å². The number of rotatable bonds is 6. The molecule has 1 amide bonds. The van der Waals surface area contributed by atoms with E-state index in [1.165, 1.54) is 23.3 Å². The highest BCUT2D eigenvalue weighted by Gasteiger charge is 2.30. The summed E-state index contributed by atoms with van der Waals surface area (Å²) in [6.07, 6.45) is 0.635. The van der Waals surface area contributed by atoms with Crippen LogP contribution in [-0.4, -0.2) is 30.0 Å². The van der Waals surface area contributed by atoms with Gasteiger partial charge in [0.15, 0.2) is 0 Å². The van der Waals surface area contributed by atoms with Crippen LogP contribution in [0.2, 0.25) is 0 Å². The van der Waals surface area contributed by atoms with Gasteiger partial charge in [-0.1, -0.05) is 25.1 Å². The monoisotopic (exact) mass is 332 g/mol. The zero-order valence-electron chi connectivity index (χ0n) is 13.5. The second-order valence-corrected chi connectivity index (χ2v) is 6.14. The molecule has 0 N–H and O–H groups in total. The molecule has 0 unspecified atom stereocenters. The first-order valence-corrected chi connectivity index (χ1v) is 8.30. The number of carbonyl (C=O) groups excluding carboxylic acids is 2. The first kappa shape index (κ1) is 17.1. The molecule has 1 atom stereocenters. The van der Waals surface area contributed by atoms with E-state index in [2.05, 4.69) is 4.98 Å². The molecule has 0 spiro atoms. The number of aromatic nitrogens is 1. The predicted octanol–water partition coefficient (Wildman–Crippen LogP) is 2.98. The molecule has 0 aliphatic rings. The van der Waals surface area contributed by atoms with Gasteiger partial charge in [0.1, 0.15) is 6.04 Å². The minimum Gasteiger partial charge on any atom is -0.467 e. The van der Waals surface area contributed by atoms with Gasteiger partial charge in [0.25, 0.3) is 0 Å². The van der Waals surface area contributed by atoms with Crippen LogP contribution in [0.25, 0.3) is 0 Å². The van der Waals surface area contributed by atoms with Gasteiger partial charge in [-0.2, -0.15) is 0 Å². The van der Waals surface area contributed by atoms with Crippen LogP contribution in [-0.2, 0) is 20.7 Å². The molecule has 0 saturated heterocycles. The maximum atomic E-state index is 12.8. The van der Waals surface area contributed by atoms with Crippen LogP contribution in [0.5, 0.6) is 0 Å². The number of aryl methyl sites for hydroxylation is 1. The van der Waals surface area contributed by atoms with E-state index >= 15 is 0 Å². The largest absolute Gasteiger partial charge is 0.467 e. The van der Waals surface area contributed by atoms with Crippen molar-refractivity contribution >= 4 is 28.9 Å². The number of methoxy groups -OCH3 is 1. The van der Waals surface area contributed by atoms with E-state index in [4.69, 9.17) is 4.74 Å². The van der Waals surface area contributed by atoms with Crippen molar-refractivity contribution in [2.75, 3.05) is 12.0 Å². The highest BCUT2D eigenvalue weighted by molar-refractivity contribution is 7.09. The molecular weight excluding hydrogens is 312 g/mol. The lowest BCUT2D eigenvalue weighted by Crippen LogP contribution is -2.46. The number of carbonyl (C=O) groups is 2. The molecule has 0 radical (unpaired) electrons. The Bertz CT molecular complexity index is 669. The van der Waals surface area contributed by atoms with Gasteiger partial charge in [0.2, 0.25) is 5.91 Å². The van der Waals surface area contributed by atoms with Crippen molar-refractivity contribution < 1.29 is 14.3 Å². The number of nitrogens with zero attached hydrogens (tertiary/aromatic N) is 2. The minimum atomic E-state index is -0.644. The molecular formula is C17H20N2O3S. The zero-order valence-corrected chi connectivity index (χ0v) is 14.3. The minimum absolute atomic E-state index is 0.159. The summed E-state index contributed by atoms with van der Waals surface area (Å²) in [5.41, 5.74) is 1.40. The standard InChI is InChI=1S/C17H20N2O3S/c1-4-15(17(21)22-3)19(14-8-6-5-7-9-14)16(20)10-13-11-23-12(2)18-13/h5-9,11,15H,4,10H2,1-3H3/t15-/m0/s1. The molecule has 2 aromatic rings. The molecule has 6 heteroatoms. The summed E-state index contributed by atoms with van der Waals surface area (Å²) in [7, 11) is 1.34. The van der Waals surface area contributed by atoms with Crippen molar-refractivity contribution in [3.63, 3.8) is 0 Å². The third-order valence-electron chi connectivity index (χ3n) is 3.47. The molecule has 23 heavy (non-hydrogen) atoms. The van der Waals surface area contributed by atoms with Gasteiger partial charge >= 0.3 is 5.97 Å². The van der Waals surface area contributed by atoms with E-state index in [1.807, 2.05) is 49.6 Å². The van der Waals surface area contributed by atoms with Crippen molar-refractivity contribution in [1.29, 1.82) is 0 Å². The van der Waals surface area contributed by atoms with Crippen LogP contribution >= 0.6 is 11.3 Å². The van der Waals surface area contributed by atoms with Gasteiger partial charge in [-0.25, -0.2) is 9.78 Å². The molecule has 0 fully saturated rings. The van der Waals surface area contributed by atoms with E-state index in [1.54, 1.807) is 0 Å². The number of para-hydroxylation sites is 1. The van der Waals surface area contributed by atoms with E-state index in [9.17, 15) is 9.59 Å². The number of esters is 1. The predicted molar refractivity (Wildman–Crippen MR) is 90.6 cm³/mol. The summed E-state index contributed by atoms with van der Waals surface area (Å²) in [6, 6.07) is 8.54. The van der Waals surface area contributed by atoms with Crippen LogP contribution in [0.1, 0.15) is 24.0 Å². The van der Waals surface area contributed by atoms with E-state index in [-0.39, 0.29) is 12.3 Å². The molecule has 0 aliphatic carbocycles. The number of hydrogen-bond donors (Lipinski definition) is 0. The van der Waals surface area contributed by atoms with Crippen molar-refractivity contribution in [2.45, 2.75) is 32.7 Å². The number of benzene rings is 1. The molecule has 0 bridgehead atoms. The van der Waals surface area contributed by atoms with Crippen molar-refractivity contribution in [2.24, 2.45) is 0 Å². The summed E-state index contributed by atoms with van der Waals surface area (Å²) < 4.78 is 4.86. The van der Waals surface area contributed by atoms with Gasteiger partial charge in [0, 0.05) is 11.1 Å².